The Hall–Kier alpha value is -1.85. The van der Waals surface area contributed by atoms with E-state index in [0.29, 0.717) is 27.4 Å². The maximum atomic E-state index is 11.6. The molecule has 21 heavy (non-hydrogen) atoms. The molecule has 0 radical (unpaired) electrons. The van der Waals surface area contributed by atoms with Crippen molar-refractivity contribution in [2.45, 2.75) is 0 Å². The number of carbonyl (C=O) groups is 1. The van der Waals surface area contributed by atoms with Gasteiger partial charge in [-0.25, -0.2) is 9.78 Å². The van der Waals surface area contributed by atoms with Crippen LogP contribution in [0.2, 0.25) is 5.02 Å². The molecule has 0 saturated heterocycles. The topological polar surface area (TPSA) is 55.0 Å². The maximum absolute atomic E-state index is 11.6. The van der Waals surface area contributed by atoms with Gasteiger partial charge >= 0.3 is 5.97 Å². The molecule has 0 saturated carbocycles. The number of aromatic nitrogens is 2. The Bertz CT molecular complexity index is 828. The molecule has 0 aliphatic heterocycles. The number of ether oxygens (including phenoxy) is 1. The minimum Gasteiger partial charge on any atom is -0.465 e. The summed E-state index contributed by atoms with van der Waals surface area (Å²) in [4.78, 5) is 19.3. The van der Waals surface area contributed by atoms with E-state index in [-0.39, 0.29) is 0 Å². The van der Waals surface area contributed by atoms with Gasteiger partial charge in [-0.1, -0.05) is 39.7 Å². The molecule has 0 aliphatic carbocycles. The van der Waals surface area contributed by atoms with Gasteiger partial charge in [-0.05, 0) is 24.3 Å². The molecule has 0 amide bonds. The van der Waals surface area contributed by atoms with Crippen molar-refractivity contribution in [1.82, 2.24) is 9.97 Å². The molecule has 0 aliphatic rings. The molecule has 106 valence electrons. The Labute approximate surface area is 134 Å². The number of methoxy groups -OCH3 is 1. The van der Waals surface area contributed by atoms with Crippen LogP contribution < -0.4 is 0 Å². The highest BCUT2D eigenvalue weighted by atomic mass is 79.9. The van der Waals surface area contributed by atoms with E-state index in [1.54, 1.807) is 12.1 Å². The molecular weight excluding hydrogens is 356 g/mol. The van der Waals surface area contributed by atoms with Crippen molar-refractivity contribution < 1.29 is 9.53 Å². The number of esters is 1. The molecule has 0 bridgehead atoms. The second-order valence-electron chi connectivity index (χ2n) is 4.44. The monoisotopic (exact) mass is 364 g/mol. The van der Waals surface area contributed by atoms with Crippen molar-refractivity contribution in [2.75, 3.05) is 7.11 Å². The Morgan fingerprint density at radius 2 is 2.00 bits per heavy atom. The van der Waals surface area contributed by atoms with Crippen LogP contribution in [0.5, 0.6) is 0 Å². The third-order valence-electron chi connectivity index (χ3n) is 3.08. The van der Waals surface area contributed by atoms with E-state index in [4.69, 9.17) is 16.3 Å². The lowest BCUT2D eigenvalue weighted by molar-refractivity contribution is 0.0601. The van der Waals surface area contributed by atoms with Gasteiger partial charge in [0.2, 0.25) is 0 Å². The summed E-state index contributed by atoms with van der Waals surface area (Å²) in [6.45, 7) is 0. The lowest BCUT2D eigenvalue weighted by atomic mass is 10.2. The van der Waals surface area contributed by atoms with Crippen LogP contribution >= 0.6 is 27.5 Å². The molecule has 6 heteroatoms. The molecular formula is C15H10BrClN2O2. The van der Waals surface area contributed by atoms with Crippen LogP contribution in [0.4, 0.5) is 0 Å². The van der Waals surface area contributed by atoms with Crippen molar-refractivity contribution >= 4 is 44.5 Å². The number of carbonyl (C=O) groups excluding carboxylic acids is 1. The average Bonchev–Trinajstić information content (AvgIpc) is 2.91. The number of H-pyrrole nitrogens is 1. The molecule has 3 rings (SSSR count). The Morgan fingerprint density at radius 1 is 1.29 bits per heavy atom. The van der Waals surface area contributed by atoms with Crippen molar-refractivity contribution in [3.63, 3.8) is 0 Å². The molecule has 0 atom stereocenters. The number of nitrogens with one attached hydrogen (secondary N) is 1. The molecule has 1 N–H and O–H groups in total. The van der Waals surface area contributed by atoms with Gasteiger partial charge < -0.3 is 9.72 Å². The fourth-order valence-corrected chi connectivity index (χ4v) is 2.58. The lowest BCUT2D eigenvalue weighted by Gasteiger charge is -1.99. The van der Waals surface area contributed by atoms with E-state index in [1.165, 1.54) is 7.11 Å². The fraction of sp³-hybridized carbons (Fsp3) is 0.0667. The number of nitrogens with zero attached hydrogens (tertiary/aromatic N) is 1. The molecule has 0 fully saturated rings. The molecule has 1 aromatic heterocycles. The average molecular weight is 366 g/mol. The normalized spacial score (nSPS) is 10.8. The fourth-order valence-electron chi connectivity index (χ4n) is 2.06. The van der Waals surface area contributed by atoms with Crippen LogP contribution in [0, 0.1) is 0 Å². The van der Waals surface area contributed by atoms with Crippen molar-refractivity contribution in [3.05, 3.63) is 51.5 Å². The summed E-state index contributed by atoms with van der Waals surface area (Å²) in [5.41, 5.74) is 2.65. The highest BCUT2D eigenvalue weighted by Crippen LogP contribution is 2.28. The first-order valence-corrected chi connectivity index (χ1v) is 7.29. The Kier molecular flexibility index (Phi) is 3.69. The summed E-state index contributed by atoms with van der Waals surface area (Å²) in [7, 11) is 1.33. The van der Waals surface area contributed by atoms with Gasteiger partial charge in [0.25, 0.3) is 0 Å². The van der Waals surface area contributed by atoms with Crippen LogP contribution in [0.3, 0.4) is 0 Å². The molecule has 2 aromatic carbocycles. The van der Waals surface area contributed by atoms with E-state index in [2.05, 4.69) is 25.9 Å². The first-order valence-electron chi connectivity index (χ1n) is 6.12. The third-order valence-corrected chi connectivity index (χ3v) is 3.90. The highest BCUT2D eigenvalue weighted by molar-refractivity contribution is 9.10. The number of benzene rings is 2. The zero-order chi connectivity index (χ0) is 15.0. The smallest absolute Gasteiger partial charge is 0.337 e. The summed E-state index contributed by atoms with van der Waals surface area (Å²) in [5, 5.41) is 0.410. The quantitative estimate of drug-likeness (QED) is 0.683. The SMILES string of the molecule is COC(=O)c1cc(Cl)c2nc(-c3ccc(Br)cc3)[nH]c2c1. The standard InChI is InChI=1S/C15H10BrClN2O2/c1-21-15(20)9-6-11(17)13-12(7-9)18-14(19-13)8-2-4-10(16)5-3-8/h2-7H,1H3,(H,18,19). The predicted octanol–water partition coefficient (Wildman–Crippen LogP) is 4.43. The van der Waals surface area contributed by atoms with Gasteiger partial charge in [0, 0.05) is 10.0 Å². The highest BCUT2D eigenvalue weighted by Gasteiger charge is 2.13. The Morgan fingerprint density at radius 3 is 2.67 bits per heavy atom. The first kappa shape index (κ1) is 14.1. The van der Waals surface area contributed by atoms with Crippen LogP contribution in [-0.2, 0) is 4.74 Å². The minimum atomic E-state index is -0.432. The predicted molar refractivity (Wildman–Crippen MR) is 85.6 cm³/mol. The molecule has 4 nitrogen and oxygen atoms in total. The van der Waals surface area contributed by atoms with Crippen LogP contribution in [0.25, 0.3) is 22.4 Å². The van der Waals surface area contributed by atoms with E-state index in [0.717, 1.165) is 10.0 Å². The number of halogens is 2. The van der Waals surface area contributed by atoms with Gasteiger partial charge in [0.15, 0.2) is 0 Å². The van der Waals surface area contributed by atoms with Crippen LogP contribution in [0.1, 0.15) is 10.4 Å². The summed E-state index contributed by atoms with van der Waals surface area (Å²) in [5.74, 6) is 0.264. The van der Waals surface area contributed by atoms with E-state index in [9.17, 15) is 4.79 Å². The molecule has 0 unspecified atom stereocenters. The van der Waals surface area contributed by atoms with Gasteiger partial charge in [-0.2, -0.15) is 0 Å². The van der Waals surface area contributed by atoms with Crippen molar-refractivity contribution in [2.24, 2.45) is 0 Å². The number of imidazole rings is 1. The van der Waals surface area contributed by atoms with Gasteiger partial charge in [-0.15, -0.1) is 0 Å². The first-order chi connectivity index (χ1) is 10.1. The van der Waals surface area contributed by atoms with Crippen molar-refractivity contribution in [1.29, 1.82) is 0 Å². The van der Waals surface area contributed by atoms with Gasteiger partial charge in [-0.3, -0.25) is 0 Å². The minimum absolute atomic E-state index is 0.390. The van der Waals surface area contributed by atoms with Crippen LogP contribution in [-0.4, -0.2) is 23.0 Å². The van der Waals surface area contributed by atoms with E-state index in [1.807, 2.05) is 24.3 Å². The van der Waals surface area contributed by atoms with E-state index >= 15 is 0 Å². The van der Waals surface area contributed by atoms with E-state index < -0.39 is 5.97 Å². The summed E-state index contributed by atoms with van der Waals surface area (Å²) in [6.07, 6.45) is 0. The molecule has 1 heterocycles. The Balaban J connectivity index is 2.13. The molecule has 0 spiro atoms. The number of fused-ring (bicyclic) bond motifs is 1. The zero-order valence-electron chi connectivity index (χ0n) is 11.0. The zero-order valence-corrected chi connectivity index (χ0v) is 13.3. The number of rotatable bonds is 2. The van der Waals surface area contributed by atoms with Crippen LogP contribution in [0.15, 0.2) is 40.9 Å². The lowest BCUT2D eigenvalue weighted by Crippen LogP contribution is -2.00. The van der Waals surface area contributed by atoms with Gasteiger partial charge in [0.05, 0.1) is 23.2 Å². The molecule has 3 aromatic rings. The largest absolute Gasteiger partial charge is 0.465 e. The summed E-state index contributed by atoms with van der Waals surface area (Å²) >= 11 is 9.59. The second kappa shape index (κ2) is 5.50. The maximum Gasteiger partial charge on any atom is 0.337 e. The van der Waals surface area contributed by atoms with Crippen molar-refractivity contribution in [3.8, 4) is 11.4 Å². The summed E-state index contributed by atoms with van der Waals surface area (Å²) < 4.78 is 5.70. The summed E-state index contributed by atoms with van der Waals surface area (Å²) in [6, 6.07) is 11.0. The number of hydrogen-bond donors (Lipinski definition) is 1. The van der Waals surface area contributed by atoms with Gasteiger partial charge in [0.1, 0.15) is 11.3 Å². The second-order valence-corrected chi connectivity index (χ2v) is 5.76. The number of hydrogen-bond acceptors (Lipinski definition) is 3. The number of aromatic amines is 1. The third kappa shape index (κ3) is 2.66.